The van der Waals surface area contributed by atoms with E-state index in [9.17, 15) is 4.39 Å². The maximum atomic E-state index is 13.0. The van der Waals surface area contributed by atoms with Crippen molar-refractivity contribution in [2.24, 2.45) is 0 Å². The summed E-state index contributed by atoms with van der Waals surface area (Å²) in [7, 11) is 0. The van der Waals surface area contributed by atoms with Gasteiger partial charge in [-0.2, -0.15) is 0 Å². The molecule has 0 aliphatic carbocycles. The van der Waals surface area contributed by atoms with Crippen LogP contribution < -0.4 is 5.32 Å². The van der Waals surface area contributed by atoms with Crippen molar-refractivity contribution in [2.75, 3.05) is 5.32 Å². The molecule has 3 nitrogen and oxygen atoms in total. The highest BCUT2D eigenvalue weighted by atomic mass is 19.1. The van der Waals surface area contributed by atoms with Crippen LogP contribution in [0.4, 0.5) is 10.3 Å². The van der Waals surface area contributed by atoms with Gasteiger partial charge in [0.2, 0.25) is 5.95 Å². The van der Waals surface area contributed by atoms with E-state index in [4.69, 9.17) is 0 Å². The average Bonchev–Trinajstić information content (AvgIpc) is 2.70. The summed E-state index contributed by atoms with van der Waals surface area (Å²) in [4.78, 5) is 7.48. The first-order chi connectivity index (χ1) is 8.69. The molecule has 1 heterocycles. The standard InChI is InChI=1S/C14H20FN3/c1-3-4-5-6-10(2)16-14-17-12-8-7-11(15)9-13(12)18-14/h7-10H,3-6H2,1-2H3,(H2,16,17,18). The normalized spacial score (nSPS) is 12.8. The molecular weight excluding hydrogens is 229 g/mol. The molecule has 0 spiro atoms. The molecule has 0 amide bonds. The monoisotopic (exact) mass is 249 g/mol. The summed E-state index contributed by atoms with van der Waals surface area (Å²) in [6.07, 6.45) is 4.84. The number of hydrogen-bond donors (Lipinski definition) is 2. The Kier molecular flexibility index (Phi) is 4.18. The van der Waals surface area contributed by atoms with Crippen molar-refractivity contribution in [1.29, 1.82) is 0 Å². The number of fused-ring (bicyclic) bond motifs is 1. The van der Waals surface area contributed by atoms with E-state index >= 15 is 0 Å². The second kappa shape index (κ2) is 5.85. The van der Waals surface area contributed by atoms with Gasteiger partial charge in [0.1, 0.15) is 5.82 Å². The van der Waals surface area contributed by atoms with E-state index in [1.165, 1.54) is 31.4 Å². The highest BCUT2D eigenvalue weighted by Crippen LogP contribution is 2.16. The van der Waals surface area contributed by atoms with Crippen molar-refractivity contribution in [1.82, 2.24) is 9.97 Å². The van der Waals surface area contributed by atoms with E-state index in [0.717, 1.165) is 23.4 Å². The Morgan fingerprint density at radius 1 is 1.39 bits per heavy atom. The lowest BCUT2D eigenvalue weighted by atomic mass is 10.1. The van der Waals surface area contributed by atoms with E-state index in [0.29, 0.717) is 6.04 Å². The van der Waals surface area contributed by atoms with Crippen molar-refractivity contribution in [3.8, 4) is 0 Å². The number of benzene rings is 1. The van der Waals surface area contributed by atoms with E-state index in [1.807, 2.05) is 0 Å². The number of halogens is 1. The first-order valence-electron chi connectivity index (χ1n) is 6.61. The van der Waals surface area contributed by atoms with E-state index in [2.05, 4.69) is 29.1 Å². The van der Waals surface area contributed by atoms with Gasteiger partial charge in [-0.3, -0.25) is 0 Å². The molecule has 0 fully saturated rings. The predicted molar refractivity (Wildman–Crippen MR) is 73.3 cm³/mol. The van der Waals surface area contributed by atoms with Crippen LogP contribution in [0.25, 0.3) is 11.0 Å². The summed E-state index contributed by atoms with van der Waals surface area (Å²) in [5, 5.41) is 3.32. The second-order valence-corrected chi connectivity index (χ2v) is 4.79. The zero-order chi connectivity index (χ0) is 13.0. The van der Waals surface area contributed by atoms with Crippen molar-refractivity contribution >= 4 is 17.0 Å². The highest BCUT2D eigenvalue weighted by Gasteiger charge is 2.06. The molecule has 98 valence electrons. The molecule has 0 aliphatic rings. The summed E-state index contributed by atoms with van der Waals surface area (Å²) in [6, 6.07) is 4.96. The second-order valence-electron chi connectivity index (χ2n) is 4.79. The van der Waals surface area contributed by atoms with E-state index in [1.54, 1.807) is 6.07 Å². The highest BCUT2D eigenvalue weighted by molar-refractivity contribution is 5.77. The topological polar surface area (TPSA) is 40.7 Å². The molecule has 0 radical (unpaired) electrons. The molecular formula is C14H20FN3. The van der Waals surface area contributed by atoms with Gasteiger partial charge >= 0.3 is 0 Å². The zero-order valence-corrected chi connectivity index (χ0v) is 11.0. The number of imidazole rings is 1. The van der Waals surface area contributed by atoms with Gasteiger partial charge in [-0.25, -0.2) is 9.37 Å². The minimum Gasteiger partial charge on any atom is -0.353 e. The van der Waals surface area contributed by atoms with Crippen LogP contribution in [-0.2, 0) is 0 Å². The first-order valence-corrected chi connectivity index (χ1v) is 6.61. The van der Waals surface area contributed by atoms with Crippen LogP contribution in [0.1, 0.15) is 39.5 Å². The quantitative estimate of drug-likeness (QED) is 0.757. The number of nitrogens with zero attached hydrogens (tertiary/aromatic N) is 1. The van der Waals surface area contributed by atoms with Gasteiger partial charge in [0, 0.05) is 6.04 Å². The largest absolute Gasteiger partial charge is 0.353 e. The molecule has 18 heavy (non-hydrogen) atoms. The molecule has 0 aliphatic heterocycles. The van der Waals surface area contributed by atoms with Crippen LogP contribution >= 0.6 is 0 Å². The third-order valence-corrected chi connectivity index (χ3v) is 3.07. The smallest absolute Gasteiger partial charge is 0.201 e. The Morgan fingerprint density at radius 2 is 2.22 bits per heavy atom. The van der Waals surface area contributed by atoms with Crippen LogP contribution in [0.15, 0.2) is 18.2 Å². The van der Waals surface area contributed by atoms with Crippen LogP contribution in [0, 0.1) is 5.82 Å². The van der Waals surface area contributed by atoms with Crippen molar-refractivity contribution in [2.45, 2.75) is 45.6 Å². The Morgan fingerprint density at radius 3 is 3.00 bits per heavy atom. The third-order valence-electron chi connectivity index (χ3n) is 3.07. The minimum atomic E-state index is -0.242. The molecule has 0 saturated carbocycles. The fraction of sp³-hybridized carbons (Fsp3) is 0.500. The van der Waals surface area contributed by atoms with Gasteiger partial charge in [-0.05, 0) is 31.5 Å². The zero-order valence-electron chi connectivity index (χ0n) is 11.0. The van der Waals surface area contributed by atoms with Gasteiger partial charge < -0.3 is 10.3 Å². The lowest BCUT2D eigenvalue weighted by molar-refractivity contribution is 0.613. The summed E-state index contributed by atoms with van der Waals surface area (Å²) >= 11 is 0. The van der Waals surface area contributed by atoms with Crippen LogP contribution in [0.2, 0.25) is 0 Å². The molecule has 0 bridgehead atoms. The Hall–Kier alpha value is -1.58. The SMILES string of the molecule is CCCCCC(C)Nc1nc2ccc(F)cc2[nH]1. The fourth-order valence-corrected chi connectivity index (χ4v) is 2.06. The predicted octanol–water partition coefficient (Wildman–Crippen LogP) is 4.08. The number of nitrogens with one attached hydrogen (secondary N) is 2. The summed E-state index contributed by atoms with van der Waals surface area (Å²) in [6.45, 7) is 4.34. The Balaban J connectivity index is 1.98. The molecule has 2 aromatic rings. The molecule has 2 N–H and O–H groups in total. The molecule has 4 heteroatoms. The molecule has 1 atom stereocenters. The number of aromatic nitrogens is 2. The number of H-pyrrole nitrogens is 1. The average molecular weight is 249 g/mol. The van der Waals surface area contributed by atoms with Gasteiger partial charge in [0.15, 0.2) is 0 Å². The molecule has 0 saturated heterocycles. The lowest BCUT2D eigenvalue weighted by Gasteiger charge is -2.12. The maximum Gasteiger partial charge on any atom is 0.201 e. The summed E-state index contributed by atoms with van der Waals surface area (Å²) in [5.41, 5.74) is 1.53. The van der Waals surface area contributed by atoms with Crippen molar-refractivity contribution in [3.05, 3.63) is 24.0 Å². The van der Waals surface area contributed by atoms with Crippen LogP contribution in [-0.4, -0.2) is 16.0 Å². The molecule has 1 aromatic heterocycles. The lowest BCUT2D eigenvalue weighted by Crippen LogP contribution is -2.15. The van der Waals surface area contributed by atoms with Crippen LogP contribution in [0.3, 0.4) is 0 Å². The van der Waals surface area contributed by atoms with Gasteiger partial charge in [-0.1, -0.05) is 26.2 Å². The number of anilines is 1. The maximum absolute atomic E-state index is 13.0. The van der Waals surface area contributed by atoms with Crippen molar-refractivity contribution < 1.29 is 4.39 Å². The number of aromatic amines is 1. The molecule has 1 unspecified atom stereocenters. The number of rotatable bonds is 6. The van der Waals surface area contributed by atoms with Gasteiger partial charge in [0.05, 0.1) is 11.0 Å². The number of unbranched alkanes of at least 4 members (excludes halogenated alkanes) is 2. The molecule has 1 aromatic carbocycles. The summed E-state index contributed by atoms with van der Waals surface area (Å²) < 4.78 is 13.0. The van der Waals surface area contributed by atoms with Crippen LogP contribution in [0.5, 0.6) is 0 Å². The summed E-state index contributed by atoms with van der Waals surface area (Å²) in [5.74, 6) is 0.480. The van der Waals surface area contributed by atoms with Gasteiger partial charge in [-0.15, -0.1) is 0 Å². The third kappa shape index (κ3) is 3.22. The number of hydrogen-bond acceptors (Lipinski definition) is 2. The Labute approximate surface area is 107 Å². The first kappa shape index (κ1) is 12.9. The van der Waals surface area contributed by atoms with E-state index in [-0.39, 0.29) is 5.82 Å². The van der Waals surface area contributed by atoms with Gasteiger partial charge in [0.25, 0.3) is 0 Å². The van der Waals surface area contributed by atoms with Crippen molar-refractivity contribution in [3.63, 3.8) is 0 Å². The fourth-order valence-electron chi connectivity index (χ4n) is 2.06. The Bertz CT molecular complexity index is 507. The minimum absolute atomic E-state index is 0.242. The van der Waals surface area contributed by atoms with E-state index < -0.39 is 0 Å². The molecule has 2 rings (SSSR count).